The van der Waals surface area contributed by atoms with Crippen molar-refractivity contribution in [3.63, 3.8) is 0 Å². The first-order valence-corrected chi connectivity index (χ1v) is 16.5. The van der Waals surface area contributed by atoms with Crippen LogP contribution in [0.2, 0.25) is 0 Å². The molecule has 0 aliphatic heterocycles. The molecule has 4 nitrogen and oxygen atoms in total. The molecule has 0 saturated carbocycles. The summed E-state index contributed by atoms with van der Waals surface area (Å²) in [5.74, 6) is 0. The molecule has 0 N–H and O–H groups in total. The topological polar surface area (TPSA) is 95.2 Å². The van der Waals surface area contributed by atoms with E-state index in [1.807, 2.05) is 48.5 Å². The number of hydrogen-bond donors (Lipinski definition) is 0. The minimum atomic E-state index is 0.147. The molecule has 0 spiro atoms. The van der Waals surface area contributed by atoms with Gasteiger partial charge in [-0.05, 0) is 72.8 Å². The maximum atomic E-state index is 9.14. The summed E-state index contributed by atoms with van der Waals surface area (Å²) < 4.78 is 13.0. The van der Waals surface area contributed by atoms with Crippen molar-refractivity contribution >= 4 is 79.2 Å². The van der Waals surface area contributed by atoms with E-state index in [-0.39, 0.29) is 11.1 Å². The average molecular weight is 621 g/mol. The summed E-state index contributed by atoms with van der Waals surface area (Å²) in [5.41, 5.74) is 0.295. The number of nitrogens with zero attached hydrogens (tertiary/aromatic N) is 4. The lowest BCUT2D eigenvalue weighted by Gasteiger charge is -1.75. The van der Waals surface area contributed by atoms with Gasteiger partial charge in [0, 0.05) is 45.3 Å². The van der Waals surface area contributed by atoms with E-state index in [1.165, 1.54) is 49.9 Å². The highest BCUT2D eigenvalue weighted by Crippen LogP contribution is 2.19. The Morgan fingerprint density at radius 3 is 0.750 bits per heavy atom. The molecule has 0 fully saturated rings. The van der Waals surface area contributed by atoms with Crippen molar-refractivity contribution in [2.45, 2.75) is 0 Å². The summed E-state index contributed by atoms with van der Waals surface area (Å²) in [6, 6.07) is 32.6. The SMILES string of the molecule is N#CC(C#N)=c1cc/c(=c2\cc/c(=c3\cc/c(=c4\cc/c(=c5\cc/c(=c6\ccc(=C(C#N)C#N)s6)s5)s4)s3)s2)s1. The van der Waals surface area contributed by atoms with E-state index < -0.39 is 0 Å². The Bertz CT molecular complexity index is 2500. The molecule has 6 rings (SSSR count). The fraction of sp³-hybridized carbons (Fsp3) is 0. The molecule has 6 heterocycles. The predicted molar refractivity (Wildman–Crippen MR) is 163 cm³/mol. The molecular weight excluding hydrogens is 609 g/mol. The van der Waals surface area contributed by atoms with Crippen molar-refractivity contribution in [3.05, 3.63) is 127 Å². The molecule has 6 aromatic heterocycles. The summed E-state index contributed by atoms with van der Waals surface area (Å²) >= 11 is 9.90. The van der Waals surface area contributed by atoms with Crippen molar-refractivity contribution in [2.24, 2.45) is 0 Å². The fourth-order valence-corrected chi connectivity index (χ4v) is 10.3. The van der Waals surface area contributed by atoms with Gasteiger partial charge in [-0.15, -0.1) is 68.0 Å². The van der Waals surface area contributed by atoms with Gasteiger partial charge in [0.15, 0.2) is 0 Å². The second-order valence-electron chi connectivity index (χ2n) is 8.18. The molecule has 0 bridgehead atoms. The maximum absolute atomic E-state index is 9.14. The molecule has 40 heavy (non-hydrogen) atoms. The highest BCUT2D eigenvalue weighted by atomic mass is 32.1. The van der Waals surface area contributed by atoms with Gasteiger partial charge < -0.3 is 0 Å². The molecule has 0 atom stereocenters. The van der Waals surface area contributed by atoms with E-state index in [2.05, 4.69) is 48.5 Å². The quantitative estimate of drug-likeness (QED) is 0.185. The molecule has 6 aromatic rings. The van der Waals surface area contributed by atoms with Crippen molar-refractivity contribution in [3.8, 4) is 24.3 Å². The molecule has 0 saturated heterocycles. The van der Waals surface area contributed by atoms with Crippen molar-refractivity contribution in [1.29, 1.82) is 21.0 Å². The van der Waals surface area contributed by atoms with Crippen LogP contribution in [0.3, 0.4) is 0 Å². The van der Waals surface area contributed by atoms with Gasteiger partial charge in [0.2, 0.25) is 0 Å². The van der Waals surface area contributed by atoms with Crippen LogP contribution in [0.15, 0.2) is 72.8 Å². The standard InChI is InChI=1S/C30H12N4S6/c31-13-17(14-32)19-1-3-21(35-19)23-5-7-25(37-23)27-9-11-29(39-27)30-12-10-28(40-30)26-8-6-24(38-26)22-4-2-20(36-22)18(15-33)16-34/h1-12H/b23-21-,24-22-,27-25-,28-26-,30-29-. The minimum Gasteiger partial charge on any atom is -0.192 e. The van der Waals surface area contributed by atoms with Gasteiger partial charge in [-0.25, -0.2) is 0 Å². The van der Waals surface area contributed by atoms with Crippen molar-refractivity contribution in [2.75, 3.05) is 0 Å². The van der Waals surface area contributed by atoms with Gasteiger partial charge in [-0.3, -0.25) is 0 Å². The summed E-state index contributed by atoms with van der Waals surface area (Å²) in [5, 5.41) is 36.6. The number of nitriles is 4. The number of hydrogen-bond acceptors (Lipinski definition) is 10. The van der Waals surface area contributed by atoms with Crippen LogP contribution in [-0.2, 0) is 0 Å². The van der Waals surface area contributed by atoms with E-state index in [4.69, 9.17) is 21.0 Å². The van der Waals surface area contributed by atoms with E-state index >= 15 is 0 Å². The molecule has 0 amide bonds. The molecule has 0 unspecified atom stereocenters. The van der Waals surface area contributed by atoms with Crippen molar-refractivity contribution in [1.82, 2.24) is 0 Å². The smallest absolute Gasteiger partial charge is 0.146 e. The molecule has 0 aliphatic rings. The highest BCUT2D eigenvalue weighted by molar-refractivity contribution is 7.15. The second kappa shape index (κ2) is 11.2. The summed E-state index contributed by atoms with van der Waals surface area (Å²) in [4.78, 5) is 0. The Morgan fingerprint density at radius 2 is 0.525 bits per heavy atom. The van der Waals surface area contributed by atoms with Gasteiger partial charge in [-0.1, -0.05) is 0 Å². The van der Waals surface area contributed by atoms with Crippen molar-refractivity contribution < 1.29 is 0 Å². The third-order valence-electron chi connectivity index (χ3n) is 5.79. The normalized spacial score (nSPS) is 14.9. The first-order valence-electron chi connectivity index (χ1n) is 11.6. The van der Waals surface area contributed by atoms with Crippen LogP contribution < -0.4 is 9.06 Å². The zero-order valence-corrected chi connectivity index (χ0v) is 25.1. The van der Waals surface area contributed by atoms with E-state index in [1.54, 1.807) is 45.3 Å². The Hall–Kier alpha value is -4.10. The molecule has 10 heteroatoms. The van der Waals surface area contributed by atoms with Crippen LogP contribution in [0.5, 0.6) is 0 Å². The molecule has 0 aliphatic carbocycles. The van der Waals surface area contributed by atoms with Gasteiger partial charge >= 0.3 is 0 Å². The van der Waals surface area contributed by atoms with Crippen LogP contribution in [-0.4, -0.2) is 0 Å². The van der Waals surface area contributed by atoms with E-state index in [0.29, 0.717) is 9.06 Å². The third-order valence-corrected chi connectivity index (χ3v) is 13.3. The zero-order valence-electron chi connectivity index (χ0n) is 20.2. The van der Waals surface area contributed by atoms with Gasteiger partial charge in [0.25, 0.3) is 0 Å². The Labute approximate surface area is 249 Å². The van der Waals surface area contributed by atoms with Crippen LogP contribution >= 0.6 is 68.0 Å². The summed E-state index contributed by atoms with van der Waals surface area (Å²) in [6.07, 6.45) is 0. The Morgan fingerprint density at radius 1 is 0.325 bits per heavy atom. The van der Waals surface area contributed by atoms with Gasteiger partial charge in [-0.2, -0.15) is 21.0 Å². The third kappa shape index (κ3) is 4.97. The highest BCUT2D eigenvalue weighted by Gasteiger charge is 2.00. The maximum Gasteiger partial charge on any atom is 0.146 e. The van der Waals surface area contributed by atoms with Gasteiger partial charge in [0.05, 0.1) is 9.06 Å². The zero-order chi connectivity index (χ0) is 27.6. The lowest BCUT2D eigenvalue weighted by Crippen LogP contribution is -1.93. The van der Waals surface area contributed by atoms with Crippen LogP contribution in [0.1, 0.15) is 0 Å². The lowest BCUT2D eigenvalue weighted by molar-refractivity contribution is 1.51. The molecular formula is C30H12N4S6. The Kier molecular flexibility index (Phi) is 7.30. The van der Waals surface area contributed by atoms with E-state index in [0.717, 1.165) is 18.1 Å². The largest absolute Gasteiger partial charge is 0.192 e. The first-order chi connectivity index (χ1) is 19.6. The fourth-order valence-electron chi connectivity index (χ4n) is 3.89. The van der Waals surface area contributed by atoms with Crippen LogP contribution in [0.4, 0.5) is 0 Å². The second-order valence-corrected chi connectivity index (χ2v) is 14.7. The number of thiophene rings is 6. The predicted octanol–water partition coefficient (Wildman–Crippen LogP) is 6.89. The molecule has 0 aromatic carbocycles. The Balaban J connectivity index is 1.49. The monoisotopic (exact) mass is 620 g/mol. The van der Waals surface area contributed by atoms with Crippen LogP contribution in [0.25, 0.3) is 11.1 Å². The average Bonchev–Trinajstić information content (AvgIpc) is 3.80. The molecule has 0 radical (unpaired) electrons. The minimum absolute atomic E-state index is 0.147. The van der Waals surface area contributed by atoms with Crippen LogP contribution in [0, 0.1) is 90.6 Å². The number of rotatable bonds is 0. The summed E-state index contributed by atoms with van der Waals surface area (Å²) in [7, 11) is 0. The first kappa shape index (κ1) is 26.1. The molecule has 188 valence electrons. The van der Waals surface area contributed by atoms with E-state index in [9.17, 15) is 0 Å². The lowest BCUT2D eigenvalue weighted by atomic mass is 10.3. The van der Waals surface area contributed by atoms with Gasteiger partial charge in [0.1, 0.15) is 35.4 Å². The summed E-state index contributed by atoms with van der Waals surface area (Å²) in [6.45, 7) is 0.